The average Bonchev–Trinajstić information content (AvgIpc) is 1.87. The second-order valence-corrected chi connectivity index (χ2v) is 3.52. The van der Waals surface area contributed by atoms with E-state index < -0.39 is 0 Å². The Kier molecular flexibility index (Phi) is 5.51. The summed E-state index contributed by atoms with van der Waals surface area (Å²) in [5.74, 6) is 0.652. The first-order chi connectivity index (χ1) is 5.07. The Hall–Kier alpha value is -0.0800. The normalized spacial score (nSPS) is 16.9. The van der Waals surface area contributed by atoms with E-state index >= 15 is 0 Å². The molecule has 0 unspecified atom stereocenters. The lowest BCUT2D eigenvalue weighted by atomic mass is 10.0. The van der Waals surface area contributed by atoms with Gasteiger partial charge in [-0.3, -0.25) is 0 Å². The molecule has 2 nitrogen and oxygen atoms in total. The first-order valence-electron chi connectivity index (χ1n) is 4.49. The minimum atomic E-state index is -0.234. The third kappa shape index (κ3) is 5.22. The van der Waals surface area contributed by atoms with Gasteiger partial charge in [0.2, 0.25) is 0 Å². The summed E-state index contributed by atoms with van der Waals surface area (Å²) in [6.45, 7) is 9.07. The van der Waals surface area contributed by atoms with Crippen molar-refractivity contribution in [2.45, 2.75) is 46.3 Å². The number of hydrogen-bond donors (Lipinski definition) is 2. The van der Waals surface area contributed by atoms with Gasteiger partial charge < -0.3 is 10.4 Å². The SMILES string of the molecule is CC[C@H](NC[C@H](C)O)C(C)C. The van der Waals surface area contributed by atoms with Gasteiger partial charge in [0.25, 0.3) is 0 Å². The van der Waals surface area contributed by atoms with E-state index in [4.69, 9.17) is 5.11 Å². The largest absolute Gasteiger partial charge is 0.392 e. The zero-order valence-corrected chi connectivity index (χ0v) is 8.09. The first-order valence-corrected chi connectivity index (χ1v) is 4.49. The number of rotatable bonds is 5. The summed E-state index contributed by atoms with van der Waals surface area (Å²) in [6.07, 6.45) is 0.896. The van der Waals surface area contributed by atoms with E-state index in [0.717, 1.165) is 6.42 Å². The summed E-state index contributed by atoms with van der Waals surface area (Å²) in [7, 11) is 0. The fourth-order valence-corrected chi connectivity index (χ4v) is 1.17. The minimum Gasteiger partial charge on any atom is -0.392 e. The molecule has 0 heterocycles. The fraction of sp³-hybridized carbons (Fsp3) is 1.00. The molecule has 11 heavy (non-hydrogen) atoms. The molecule has 0 aromatic rings. The Bertz CT molecular complexity index is 91.6. The van der Waals surface area contributed by atoms with Crippen molar-refractivity contribution in [3.63, 3.8) is 0 Å². The summed E-state index contributed by atoms with van der Waals surface area (Å²) < 4.78 is 0. The molecule has 0 spiro atoms. The third-order valence-electron chi connectivity index (χ3n) is 1.92. The van der Waals surface area contributed by atoms with E-state index in [1.807, 2.05) is 0 Å². The van der Waals surface area contributed by atoms with Crippen LogP contribution in [-0.2, 0) is 0 Å². The molecule has 0 saturated carbocycles. The van der Waals surface area contributed by atoms with Gasteiger partial charge in [-0.2, -0.15) is 0 Å². The smallest absolute Gasteiger partial charge is 0.0636 e. The van der Waals surface area contributed by atoms with Crippen LogP contribution in [0.4, 0.5) is 0 Å². The number of nitrogens with one attached hydrogen (secondary N) is 1. The summed E-state index contributed by atoms with van der Waals surface area (Å²) in [5.41, 5.74) is 0. The van der Waals surface area contributed by atoms with E-state index in [2.05, 4.69) is 26.1 Å². The molecule has 0 fully saturated rings. The molecule has 0 aliphatic carbocycles. The molecule has 0 rings (SSSR count). The maximum absolute atomic E-state index is 9.02. The van der Waals surface area contributed by atoms with Gasteiger partial charge in [0, 0.05) is 12.6 Å². The van der Waals surface area contributed by atoms with Crippen molar-refractivity contribution >= 4 is 0 Å². The maximum Gasteiger partial charge on any atom is 0.0636 e. The molecule has 0 bridgehead atoms. The van der Waals surface area contributed by atoms with Crippen molar-refractivity contribution in [3.8, 4) is 0 Å². The molecule has 0 aromatic carbocycles. The van der Waals surface area contributed by atoms with Gasteiger partial charge in [-0.05, 0) is 19.3 Å². The highest BCUT2D eigenvalue weighted by atomic mass is 16.3. The van der Waals surface area contributed by atoms with Crippen molar-refractivity contribution in [2.24, 2.45) is 5.92 Å². The van der Waals surface area contributed by atoms with Crippen molar-refractivity contribution in [1.82, 2.24) is 5.32 Å². The van der Waals surface area contributed by atoms with Crippen molar-refractivity contribution < 1.29 is 5.11 Å². The highest BCUT2D eigenvalue weighted by molar-refractivity contribution is 4.69. The Morgan fingerprint density at radius 1 is 1.27 bits per heavy atom. The van der Waals surface area contributed by atoms with Gasteiger partial charge in [0.05, 0.1) is 6.10 Å². The van der Waals surface area contributed by atoms with Crippen LogP contribution in [0.15, 0.2) is 0 Å². The van der Waals surface area contributed by atoms with Crippen molar-refractivity contribution in [1.29, 1.82) is 0 Å². The van der Waals surface area contributed by atoms with Gasteiger partial charge in [0.15, 0.2) is 0 Å². The second kappa shape index (κ2) is 5.56. The number of aliphatic hydroxyl groups excluding tert-OH is 1. The molecule has 0 amide bonds. The third-order valence-corrected chi connectivity index (χ3v) is 1.92. The highest BCUT2D eigenvalue weighted by Gasteiger charge is 2.09. The molecule has 2 atom stereocenters. The lowest BCUT2D eigenvalue weighted by Gasteiger charge is -2.21. The molecule has 0 aliphatic heterocycles. The average molecular weight is 159 g/mol. The van der Waals surface area contributed by atoms with Crippen LogP contribution >= 0.6 is 0 Å². The molecule has 2 N–H and O–H groups in total. The minimum absolute atomic E-state index is 0.234. The molecular weight excluding hydrogens is 138 g/mol. The monoisotopic (exact) mass is 159 g/mol. The zero-order valence-electron chi connectivity index (χ0n) is 8.09. The quantitative estimate of drug-likeness (QED) is 0.635. The Morgan fingerprint density at radius 3 is 2.09 bits per heavy atom. The predicted molar refractivity (Wildman–Crippen MR) is 48.6 cm³/mol. The van der Waals surface area contributed by atoms with Crippen LogP contribution in [0.25, 0.3) is 0 Å². The van der Waals surface area contributed by atoms with Crippen LogP contribution in [0.3, 0.4) is 0 Å². The molecule has 2 heteroatoms. The van der Waals surface area contributed by atoms with Crippen molar-refractivity contribution in [3.05, 3.63) is 0 Å². The summed E-state index contributed by atoms with van der Waals surface area (Å²) in [6, 6.07) is 0.546. The van der Waals surface area contributed by atoms with Gasteiger partial charge in [-0.15, -0.1) is 0 Å². The molecular formula is C9H21NO. The predicted octanol–water partition coefficient (Wildman–Crippen LogP) is 1.39. The van der Waals surface area contributed by atoms with Crippen LogP contribution in [0.2, 0.25) is 0 Å². The van der Waals surface area contributed by atoms with E-state index in [0.29, 0.717) is 18.5 Å². The second-order valence-electron chi connectivity index (χ2n) is 3.52. The van der Waals surface area contributed by atoms with E-state index in [1.165, 1.54) is 0 Å². The Morgan fingerprint density at radius 2 is 1.82 bits per heavy atom. The Balaban J connectivity index is 3.52. The lowest BCUT2D eigenvalue weighted by Crippen LogP contribution is -2.37. The topological polar surface area (TPSA) is 32.3 Å². The van der Waals surface area contributed by atoms with Crippen LogP contribution in [-0.4, -0.2) is 23.8 Å². The number of aliphatic hydroxyl groups is 1. The zero-order chi connectivity index (χ0) is 8.85. The lowest BCUT2D eigenvalue weighted by molar-refractivity contribution is 0.180. The van der Waals surface area contributed by atoms with Gasteiger partial charge in [-0.25, -0.2) is 0 Å². The molecule has 0 saturated heterocycles. The van der Waals surface area contributed by atoms with E-state index in [9.17, 15) is 0 Å². The van der Waals surface area contributed by atoms with E-state index in [1.54, 1.807) is 6.92 Å². The maximum atomic E-state index is 9.02. The van der Waals surface area contributed by atoms with Gasteiger partial charge in [-0.1, -0.05) is 20.8 Å². The van der Waals surface area contributed by atoms with Crippen LogP contribution < -0.4 is 5.32 Å². The summed E-state index contributed by atoms with van der Waals surface area (Å²) in [4.78, 5) is 0. The Labute approximate surface area is 70.0 Å². The molecule has 0 aliphatic rings. The molecule has 0 aromatic heterocycles. The first kappa shape index (κ1) is 10.9. The van der Waals surface area contributed by atoms with Crippen LogP contribution in [0.5, 0.6) is 0 Å². The molecule has 0 radical (unpaired) electrons. The van der Waals surface area contributed by atoms with E-state index in [-0.39, 0.29) is 6.10 Å². The standard InChI is InChI=1S/C9H21NO/c1-5-9(7(2)3)10-6-8(4)11/h7-11H,5-6H2,1-4H3/t8-,9-/m0/s1. The highest BCUT2D eigenvalue weighted by Crippen LogP contribution is 2.04. The van der Waals surface area contributed by atoms with Crippen molar-refractivity contribution in [2.75, 3.05) is 6.54 Å². The van der Waals surface area contributed by atoms with Gasteiger partial charge >= 0.3 is 0 Å². The summed E-state index contributed by atoms with van der Waals surface area (Å²) in [5, 5.41) is 12.3. The summed E-state index contributed by atoms with van der Waals surface area (Å²) >= 11 is 0. The fourth-order valence-electron chi connectivity index (χ4n) is 1.17. The number of hydrogen-bond acceptors (Lipinski definition) is 2. The molecule has 68 valence electrons. The van der Waals surface area contributed by atoms with Gasteiger partial charge in [0.1, 0.15) is 0 Å². The van der Waals surface area contributed by atoms with Crippen LogP contribution in [0.1, 0.15) is 34.1 Å². The van der Waals surface area contributed by atoms with Crippen LogP contribution in [0, 0.1) is 5.92 Å².